The van der Waals surface area contributed by atoms with Crippen molar-refractivity contribution in [2.75, 3.05) is 26.7 Å². The Kier molecular flexibility index (Phi) is 5.26. The van der Waals surface area contributed by atoms with Crippen molar-refractivity contribution in [1.29, 1.82) is 0 Å². The molecule has 3 unspecified atom stereocenters. The number of likely N-dealkylation sites (tertiary alicyclic amines) is 1. The lowest BCUT2D eigenvalue weighted by molar-refractivity contribution is 0.0540. The molecule has 1 aliphatic heterocycles. The second kappa shape index (κ2) is 6.72. The molecule has 0 amide bonds. The summed E-state index contributed by atoms with van der Waals surface area (Å²) in [5.41, 5.74) is 0. The third-order valence-electron chi connectivity index (χ3n) is 4.38. The first-order chi connectivity index (χ1) is 8.31. The van der Waals surface area contributed by atoms with Crippen molar-refractivity contribution in [2.24, 2.45) is 0 Å². The molecule has 1 aliphatic carbocycles. The lowest BCUT2D eigenvalue weighted by Gasteiger charge is -2.37. The van der Waals surface area contributed by atoms with Crippen LogP contribution in [0.4, 0.5) is 0 Å². The minimum atomic E-state index is 0.493. The van der Waals surface area contributed by atoms with Gasteiger partial charge in [-0.25, -0.2) is 0 Å². The van der Waals surface area contributed by atoms with E-state index in [-0.39, 0.29) is 0 Å². The van der Waals surface area contributed by atoms with Gasteiger partial charge in [-0.2, -0.15) is 0 Å². The van der Waals surface area contributed by atoms with Crippen molar-refractivity contribution >= 4 is 0 Å². The van der Waals surface area contributed by atoms with Gasteiger partial charge in [-0.1, -0.05) is 6.92 Å². The topological polar surface area (TPSA) is 24.5 Å². The molecule has 3 atom stereocenters. The Balaban J connectivity index is 1.75. The SMILES string of the molecule is CCN1CCCC(NC2CCCC(OC)C2)C1. The third-order valence-corrected chi connectivity index (χ3v) is 4.38. The number of nitrogens with zero attached hydrogens (tertiary/aromatic N) is 1. The molecule has 1 heterocycles. The number of rotatable bonds is 4. The zero-order valence-corrected chi connectivity index (χ0v) is 11.5. The molecule has 3 nitrogen and oxygen atoms in total. The van der Waals surface area contributed by atoms with Crippen LogP contribution in [0.25, 0.3) is 0 Å². The van der Waals surface area contributed by atoms with Gasteiger partial charge in [0.05, 0.1) is 6.10 Å². The lowest BCUT2D eigenvalue weighted by atomic mass is 9.91. The zero-order valence-electron chi connectivity index (χ0n) is 11.5. The Morgan fingerprint density at radius 3 is 2.76 bits per heavy atom. The van der Waals surface area contributed by atoms with Crippen LogP contribution in [0.1, 0.15) is 45.4 Å². The van der Waals surface area contributed by atoms with Gasteiger partial charge in [-0.3, -0.25) is 0 Å². The molecule has 0 spiro atoms. The summed E-state index contributed by atoms with van der Waals surface area (Å²) >= 11 is 0. The molecule has 17 heavy (non-hydrogen) atoms. The maximum absolute atomic E-state index is 5.50. The van der Waals surface area contributed by atoms with E-state index in [4.69, 9.17) is 4.74 Å². The second-order valence-electron chi connectivity index (χ2n) is 5.62. The Morgan fingerprint density at radius 1 is 1.18 bits per heavy atom. The average molecular weight is 240 g/mol. The highest BCUT2D eigenvalue weighted by molar-refractivity contribution is 4.85. The van der Waals surface area contributed by atoms with Gasteiger partial charge >= 0.3 is 0 Å². The molecule has 0 bridgehead atoms. The first-order valence-electron chi connectivity index (χ1n) is 7.33. The smallest absolute Gasteiger partial charge is 0.0586 e. The fourth-order valence-corrected chi connectivity index (χ4v) is 3.32. The van der Waals surface area contributed by atoms with Gasteiger partial charge in [0.2, 0.25) is 0 Å². The van der Waals surface area contributed by atoms with Crippen molar-refractivity contribution in [2.45, 2.75) is 63.6 Å². The van der Waals surface area contributed by atoms with Crippen LogP contribution >= 0.6 is 0 Å². The van der Waals surface area contributed by atoms with Crippen LogP contribution in [-0.4, -0.2) is 49.8 Å². The van der Waals surface area contributed by atoms with E-state index < -0.39 is 0 Å². The molecular formula is C14H28N2O. The lowest BCUT2D eigenvalue weighted by Crippen LogP contribution is -2.50. The van der Waals surface area contributed by atoms with Crippen LogP contribution in [0.15, 0.2) is 0 Å². The van der Waals surface area contributed by atoms with Crippen LogP contribution in [0, 0.1) is 0 Å². The monoisotopic (exact) mass is 240 g/mol. The second-order valence-corrected chi connectivity index (χ2v) is 5.62. The Morgan fingerprint density at radius 2 is 2.00 bits per heavy atom. The van der Waals surface area contributed by atoms with Crippen LogP contribution in [0.2, 0.25) is 0 Å². The van der Waals surface area contributed by atoms with Crippen LogP contribution in [-0.2, 0) is 4.74 Å². The molecule has 0 aromatic rings. The van der Waals surface area contributed by atoms with Gasteiger partial charge in [0.25, 0.3) is 0 Å². The summed E-state index contributed by atoms with van der Waals surface area (Å²) < 4.78 is 5.50. The molecule has 1 saturated carbocycles. The molecular weight excluding hydrogens is 212 g/mol. The summed E-state index contributed by atoms with van der Waals surface area (Å²) in [4.78, 5) is 2.57. The van der Waals surface area contributed by atoms with E-state index in [1.807, 2.05) is 7.11 Å². The van der Waals surface area contributed by atoms with E-state index >= 15 is 0 Å². The Hall–Kier alpha value is -0.120. The summed E-state index contributed by atoms with van der Waals surface area (Å²) in [6.07, 6.45) is 8.31. The fourth-order valence-electron chi connectivity index (χ4n) is 3.32. The van der Waals surface area contributed by atoms with Crippen LogP contribution in [0.5, 0.6) is 0 Å². The van der Waals surface area contributed by atoms with Gasteiger partial charge in [0.1, 0.15) is 0 Å². The highest BCUT2D eigenvalue weighted by Gasteiger charge is 2.25. The molecule has 2 aliphatic rings. The molecule has 2 fully saturated rings. The number of hydrogen-bond acceptors (Lipinski definition) is 3. The van der Waals surface area contributed by atoms with E-state index in [1.54, 1.807) is 0 Å². The first kappa shape index (κ1) is 13.3. The largest absolute Gasteiger partial charge is 0.381 e. The molecule has 1 N–H and O–H groups in total. The normalized spacial score (nSPS) is 36.0. The quantitative estimate of drug-likeness (QED) is 0.813. The number of nitrogens with one attached hydrogen (secondary N) is 1. The molecule has 0 aromatic carbocycles. The number of piperidine rings is 1. The first-order valence-corrected chi connectivity index (χ1v) is 7.33. The molecule has 0 radical (unpaired) electrons. The summed E-state index contributed by atoms with van der Waals surface area (Å²) in [6, 6.07) is 1.40. The number of likely N-dealkylation sites (N-methyl/N-ethyl adjacent to an activating group) is 1. The highest BCUT2D eigenvalue weighted by atomic mass is 16.5. The highest BCUT2D eigenvalue weighted by Crippen LogP contribution is 2.22. The van der Waals surface area contributed by atoms with Crippen molar-refractivity contribution in [1.82, 2.24) is 10.2 Å². The van der Waals surface area contributed by atoms with Crippen molar-refractivity contribution in [3.05, 3.63) is 0 Å². The fraction of sp³-hybridized carbons (Fsp3) is 1.00. The maximum Gasteiger partial charge on any atom is 0.0586 e. The third kappa shape index (κ3) is 3.94. The van der Waals surface area contributed by atoms with Gasteiger partial charge in [-0.05, 0) is 51.6 Å². The van der Waals surface area contributed by atoms with E-state index in [1.165, 1.54) is 58.2 Å². The maximum atomic E-state index is 5.50. The van der Waals surface area contributed by atoms with Gasteiger partial charge in [0, 0.05) is 25.7 Å². The van der Waals surface area contributed by atoms with E-state index in [9.17, 15) is 0 Å². The van der Waals surface area contributed by atoms with Crippen molar-refractivity contribution in [3.8, 4) is 0 Å². The van der Waals surface area contributed by atoms with E-state index in [0.717, 1.165) is 0 Å². The molecule has 3 heteroatoms. The standard InChI is InChI=1S/C14H28N2O/c1-3-16-9-5-7-13(11-16)15-12-6-4-8-14(10-12)17-2/h12-15H,3-11H2,1-2H3. The Labute approximate surface area is 106 Å². The molecule has 100 valence electrons. The summed E-state index contributed by atoms with van der Waals surface area (Å²) in [5, 5.41) is 3.86. The van der Waals surface area contributed by atoms with Crippen LogP contribution in [0.3, 0.4) is 0 Å². The van der Waals surface area contributed by atoms with Gasteiger partial charge in [0.15, 0.2) is 0 Å². The van der Waals surface area contributed by atoms with Gasteiger partial charge < -0.3 is 15.0 Å². The zero-order chi connectivity index (χ0) is 12.1. The molecule has 1 saturated heterocycles. The van der Waals surface area contributed by atoms with E-state index in [0.29, 0.717) is 18.2 Å². The van der Waals surface area contributed by atoms with Crippen molar-refractivity contribution < 1.29 is 4.74 Å². The number of hydrogen-bond donors (Lipinski definition) is 1. The van der Waals surface area contributed by atoms with Crippen molar-refractivity contribution in [3.63, 3.8) is 0 Å². The molecule has 2 rings (SSSR count). The van der Waals surface area contributed by atoms with Crippen LogP contribution < -0.4 is 5.32 Å². The predicted octanol–water partition coefficient (Wildman–Crippen LogP) is 2.02. The number of ether oxygens (including phenoxy) is 1. The average Bonchev–Trinajstić information content (AvgIpc) is 2.39. The summed E-state index contributed by atoms with van der Waals surface area (Å²) in [5.74, 6) is 0. The summed E-state index contributed by atoms with van der Waals surface area (Å²) in [7, 11) is 1.85. The minimum absolute atomic E-state index is 0.493. The summed E-state index contributed by atoms with van der Waals surface area (Å²) in [6.45, 7) is 6.00. The van der Waals surface area contributed by atoms with E-state index in [2.05, 4.69) is 17.1 Å². The minimum Gasteiger partial charge on any atom is -0.381 e. The predicted molar refractivity (Wildman–Crippen MR) is 71.3 cm³/mol. The molecule has 0 aromatic heterocycles. The van der Waals surface area contributed by atoms with Gasteiger partial charge in [-0.15, -0.1) is 0 Å². The Bertz CT molecular complexity index is 200. The number of methoxy groups -OCH3 is 1.